The second kappa shape index (κ2) is 7.37. The Balaban J connectivity index is 1.47. The number of benzene rings is 2. The number of hydrogen-bond acceptors (Lipinski definition) is 8. The average molecular weight is 417 g/mol. The molecule has 10 heteroatoms. The van der Waals surface area contributed by atoms with Gasteiger partial charge in [-0.05, 0) is 31.2 Å². The zero-order valence-corrected chi connectivity index (χ0v) is 16.5. The molecule has 1 N–H and O–H groups in total. The zero-order valence-electron chi connectivity index (χ0n) is 15.7. The first-order valence-electron chi connectivity index (χ1n) is 8.86. The fourth-order valence-electron chi connectivity index (χ4n) is 3.13. The highest BCUT2D eigenvalue weighted by molar-refractivity contribution is 7.86. The van der Waals surface area contributed by atoms with Gasteiger partial charge in [-0.15, -0.1) is 0 Å². The van der Waals surface area contributed by atoms with E-state index >= 15 is 0 Å². The topological polar surface area (TPSA) is 107 Å². The summed E-state index contributed by atoms with van der Waals surface area (Å²) >= 11 is 0. The maximum atomic E-state index is 12.2. The molecular weight excluding hydrogens is 398 g/mol. The van der Waals surface area contributed by atoms with Crippen molar-refractivity contribution in [2.45, 2.75) is 25.5 Å². The molecule has 1 amide bonds. The third kappa shape index (κ3) is 4.03. The van der Waals surface area contributed by atoms with Crippen molar-refractivity contribution in [3.63, 3.8) is 0 Å². The van der Waals surface area contributed by atoms with Crippen LogP contribution in [0.2, 0.25) is 0 Å². The third-order valence-electron chi connectivity index (χ3n) is 4.52. The van der Waals surface area contributed by atoms with Gasteiger partial charge in [-0.25, -0.2) is 8.98 Å². The largest absolute Gasteiger partial charge is 0.417 e. The number of amides is 1. The van der Waals surface area contributed by atoms with Crippen LogP contribution in [0.3, 0.4) is 0 Å². The lowest BCUT2D eigenvalue weighted by molar-refractivity contribution is -0.00471. The summed E-state index contributed by atoms with van der Waals surface area (Å²) in [5.41, 5.74) is 2.27. The number of rotatable bonds is 5. The number of carbonyl (C=O) groups excluding carboxylic acids is 1. The Morgan fingerprint density at radius 2 is 1.79 bits per heavy atom. The lowest BCUT2D eigenvalue weighted by Crippen LogP contribution is -2.35. The normalized spacial score (nSPS) is 23.9. The van der Waals surface area contributed by atoms with E-state index in [0.29, 0.717) is 11.5 Å². The van der Waals surface area contributed by atoms with Crippen molar-refractivity contribution in [1.82, 2.24) is 5.32 Å². The van der Waals surface area contributed by atoms with Gasteiger partial charge in [0.15, 0.2) is 5.84 Å². The monoisotopic (exact) mass is 417 g/mol. The highest BCUT2D eigenvalue weighted by Crippen LogP contribution is 2.29. The second-order valence-electron chi connectivity index (χ2n) is 6.69. The second-order valence-corrected chi connectivity index (χ2v) is 8.29. The van der Waals surface area contributed by atoms with Crippen molar-refractivity contribution in [2.75, 3.05) is 11.2 Å². The van der Waals surface area contributed by atoms with Crippen molar-refractivity contribution >= 4 is 27.7 Å². The van der Waals surface area contributed by atoms with Crippen molar-refractivity contribution < 1.29 is 27.0 Å². The molecule has 0 bridgehead atoms. The van der Waals surface area contributed by atoms with Gasteiger partial charge in [-0.2, -0.15) is 8.42 Å². The molecule has 9 nitrogen and oxygen atoms in total. The quantitative estimate of drug-likeness (QED) is 0.744. The van der Waals surface area contributed by atoms with E-state index < -0.39 is 28.5 Å². The molecule has 0 aromatic heterocycles. The van der Waals surface area contributed by atoms with E-state index in [9.17, 15) is 13.2 Å². The number of nitrogens with zero attached hydrogens (tertiary/aromatic N) is 2. The van der Waals surface area contributed by atoms with Gasteiger partial charge in [0.05, 0.1) is 6.26 Å². The molecule has 0 saturated carbocycles. The summed E-state index contributed by atoms with van der Waals surface area (Å²) in [5, 5.41) is 7.29. The summed E-state index contributed by atoms with van der Waals surface area (Å²) in [6.07, 6.45) is -1.33. The SMILES string of the molecule is CC1C(OS(C)(=O)=O)OC(=O)N1c1ccc(C2=NOC(c3ccccc3)N2)cc1. The molecule has 4 rings (SSSR count). The van der Waals surface area contributed by atoms with Crippen LogP contribution < -0.4 is 10.2 Å². The van der Waals surface area contributed by atoms with E-state index in [1.165, 1.54) is 4.90 Å². The number of hydrogen-bond donors (Lipinski definition) is 1. The van der Waals surface area contributed by atoms with Gasteiger partial charge in [0.25, 0.3) is 10.1 Å². The van der Waals surface area contributed by atoms with Crippen molar-refractivity contribution in [3.05, 3.63) is 65.7 Å². The Labute approximate surface area is 168 Å². The molecule has 0 aliphatic carbocycles. The molecule has 3 unspecified atom stereocenters. The highest BCUT2D eigenvalue weighted by Gasteiger charge is 2.42. The number of oxime groups is 1. The van der Waals surface area contributed by atoms with E-state index in [-0.39, 0.29) is 6.23 Å². The van der Waals surface area contributed by atoms with E-state index in [4.69, 9.17) is 13.8 Å². The van der Waals surface area contributed by atoms with Crippen LogP contribution in [0.5, 0.6) is 0 Å². The predicted octanol–water partition coefficient (Wildman–Crippen LogP) is 2.31. The maximum Gasteiger partial charge on any atom is 0.417 e. The predicted molar refractivity (Wildman–Crippen MR) is 105 cm³/mol. The van der Waals surface area contributed by atoms with E-state index in [2.05, 4.69) is 10.5 Å². The van der Waals surface area contributed by atoms with Crippen LogP contribution in [0.4, 0.5) is 10.5 Å². The summed E-state index contributed by atoms with van der Waals surface area (Å²) in [7, 11) is -3.76. The Hall–Kier alpha value is -3.11. The smallest absolute Gasteiger partial charge is 0.416 e. The van der Waals surface area contributed by atoms with Gasteiger partial charge >= 0.3 is 6.09 Å². The minimum absolute atomic E-state index is 0.367. The molecule has 152 valence electrons. The summed E-state index contributed by atoms with van der Waals surface area (Å²) in [6.45, 7) is 1.65. The van der Waals surface area contributed by atoms with E-state index in [1.54, 1.807) is 31.2 Å². The van der Waals surface area contributed by atoms with Gasteiger partial charge < -0.3 is 14.9 Å². The Morgan fingerprint density at radius 3 is 2.45 bits per heavy atom. The molecule has 1 fully saturated rings. The number of cyclic esters (lactones) is 1. The molecular formula is C19H19N3O6S. The van der Waals surface area contributed by atoms with E-state index in [1.807, 2.05) is 30.3 Å². The molecule has 2 aliphatic heterocycles. The van der Waals surface area contributed by atoms with Crippen molar-refractivity contribution in [2.24, 2.45) is 5.16 Å². The van der Waals surface area contributed by atoms with Crippen molar-refractivity contribution in [1.29, 1.82) is 0 Å². The molecule has 2 aromatic rings. The number of nitrogens with one attached hydrogen (secondary N) is 1. The fraction of sp³-hybridized carbons (Fsp3) is 0.263. The molecule has 29 heavy (non-hydrogen) atoms. The number of anilines is 1. The van der Waals surface area contributed by atoms with E-state index in [0.717, 1.165) is 17.4 Å². The van der Waals surface area contributed by atoms with Crippen molar-refractivity contribution in [3.8, 4) is 0 Å². The van der Waals surface area contributed by atoms with Crippen LogP contribution in [-0.4, -0.2) is 38.9 Å². The third-order valence-corrected chi connectivity index (χ3v) is 5.06. The van der Waals surface area contributed by atoms with Gasteiger partial charge in [-0.3, -0.25) is 4.90 Å². The van der Waals surface area contributed by atoms with Crippen LogP contribution in [0.25, 0.3) is 0 Å². The zero-order chi connectivity index (χ0) is 20.6. The maximum absolute atomic E-state index is 12.2. The minimum Gasteiger partial charge on any atom is -0.416 e. The molecule has 1 saturated heterocycles. The number of ether oxygens (including phenoxy) is 1. The van der Waals surface area contributed by atoms with Crippen LogP contribution in [0.15, 0.2) is 59.8 Å². The number of amidine groups is 1. The first kappa shape index (κ1) is 19.2. The fourth-order valence-corrected chi connectivity index (χ4v) is 3.67. The molecule has 2 aromatic carbocycles. The first-order chi connectivity index (χ1) is 13.8. The van der Waals surface area contributed by atoms with Gasteiger partial charge in [-0.1, -0.05) is 35.5 Å². The minimum atomic E-state index is -3.76. The summed E-state index contributed by atoms with van der Waals surface area (Å²) in [5.74, 6) is 0.570. The van der Waals surface area contributed by atoms with Gasteiger partial charge in [0.2, 0.25) is 12.5 Å². The molecule has 2 aliphatic rings. The summed E-state index contributed by atoms with van der Waals surface area (Å²) in [6, 6.07) is 16.0. The standard InChI is InChI=1S/C19H19N3O6S/c1-12-18(28-29(2,24)25)26-19(23)22(12)15-10-8-13(9-11-15)16-20-17(27-21-16)14-6-4-3-5-7-14/h3-12,17-18H,1-2H3,(H,20,21). The lowest BCUT2D eigenvalue weighted by Gasteiger charge is -2.20. The Morgan fingerprint density at radius 1 is 1.10 bits per heavy atom. The van der Waals surface area contributed by atoms with Crippen LogP contribution in [0.1, 0.15) is 24.3 Å². The van der Waals surface area contributed by atoms with Gasteiger partial charge in [0, 0.05) is 16.8 Å². The molecule has 0 spiro atoms. The molecule has 2 heterocycles. The average Bonchev–Trinajstić information content (AvgIpc) is 3.27. The van der Waals surface area contributed by atoms with Crippen LogP contribution in [-0.2, 0) is 23.9 Å². The number of carbonyl (C=O) groups is 1. The molecule has 0 radical (unpaired) electrons. The highest BCUT2D eigenvalue weighted by atomic mass is 32.2. The first-order valence-corrected chi connectivity index (χ1v) is 10.7. The Kier molecular flexibility index (Phi) is 4.89. The summed E-state index contributed by atoms with van der Waals surface area (Å²) in [4.78, 5) is 19.0. The van der Waals surface area contributed by atoms with Crippen LogP contribution >= 0.6 is 0 Å². The summed E-state index contributed by atoms with van der Waals surface area (Å²) < 4.78 is 32.6. The Bertz CT molecular complexity index is 1040. The van der Waals surface area contributed by atoms with Gasteiger partial charge in [0.1, 0.15) is 6.04 Å². The lowest BCUT2D eigenvalue weighted by atomic mass is 10.1. The van der Waals surface area contributed by atoms with Crippen LogP contribution in [0, 0.1) is 0 Å². The molecule has 3 atom stereocenters.